The monoisotopic (exact) mass is 293 g/mol. The van der Waals surface area contributed by atoms with Crippen molar-refractivity contribution in [1.29, 1.82) is 0 Å². The molecule has 3 rings (SSSR count). The van der Waals surface area contributed by atoms with E-state index < -0.39 is 0 Å². The van der Waals surface area contributed by atoms with Crippen molar-refractivity contribution in [3.05, 3.63) is 29.6 Å². The Kier molecular flexibility index (Phi) is 4.18. The van der Waals surface area contributed by atoms with Crippen LogP contribution in [0.4, 0.5) is 4.39 Å². The maximum Gasteiger partial charge on any atom is 0.165 e. The molecule has 1 saturated heterocycles. The maximum atomic E-state index is 13.9. The highest BCUT2D eigenvalue weighted by Crippen LogP contribution is 2.40. The number of hydrogen-bond donors (Lipinski definition) is 1. The van der Waals surface area contributed by atoms with Crippen LogP contribution in [0.2, 0.25) is 0 Å². The van der Waals surface area contributed by atoms with Crippen LogP contribution in [0.3, 0.4) is 0 Å². The lowest BCUT2D eigenvalue weighted by Gasteiger charge is -2.46. The van der Waals surface area contributed by atoms with E-state index in [1.54, 1.807) is 6.07 Å². The van der Waals surface area contributed by atoms with Crippen molar-refractivity contribution in [2.75, 3.05) is 20.2 Å². The molecule has 0 radical (unpaired) electrons. The lowest BCUT2D eigenvalue weighted by atomic mass is 9.77. The van der Waals surface area contributed by atoms with Gasteiger partial charge in [0.15, 0.2) is 11.6 Å². The van der Waals surface area contributed by atoms with Crippen molar-refractivity contribution < 1.29 is 13.9 Å². The summed E-state index contributed by atoms with van der Waals surface area (Å²) in [5.41, 5.74) is 0.815. The Labute approximate surface area is 125 Å². The van der Waals surface area contributed by atoms with Gasteiger partial charge >= 0.3 is 0 Å². The van der Waals surface area contributed by atoms with E-state index in [1.165, 1.54) is 26.0 Å². The smallest absolute Gasteiger partial charge is 0.165 e. The molecule has 1 saturated carbocycles. The molecule has 2 aliphatic rings. The van der Waals surface area contributed by atoms with Crippen LogP contribution in [0.5, 0.6) is 5.75 Å². The second kappa shape index (κ2) is 5.93. The number of rotatable bonds is 2. The van der Waals surface area contributed by atoms with Crippen LogP contribution < -0.4 is 10.1 Å². The predicted octanol–water partition coefficient (Wildman–Crippen LogP) is 3.44. The van der Waals surface area contributed by atoms with Gasteiger partial charge in [-0.05, 0) is 36.5 Å². The molecule has 116 valence electrons. The molecular formula is C17H24FNO2. The van der Waals surface area contributed by atoms with Gasteiger partial charge < -0.3 is 14.8 Å². The quantitative estimate of drug-likeness (QED) is 0.906. The summed E-state index contributed by atoms with van der Waals surface area (Å²) in [4.78, 5) is 0. The molecule has 1 aromatic carbocycles. The Morgan fingerprint density at radius 3 is 3.00 bits per heavy atom. The van der Waals surface area contributed by atoms with E-state index in [4.69, 9.17) is 9.47 Å². The molecule has 1 aliphatic heterocycles. The standard InChI is InChI=1S/C17H24FNO2/c1-12-4-3-7-17(9-12)11-19-10-16(21-17)13-5-6-15(20-2)14(18)8-13/h5-6,8,12,16,19H,3-4,7,9-11H2,1-2H3. The number of morpholine rings is 1. The summed E-state index contributed by atoms with van der Waals surface area (Å²) in [6.45, 7) is 3.94. The van der Waals surface area contributed by atoms with E-state index in [9.17, 15) is 4.39 Å². The van der Waals surface area contributed by atoms with Gasteiger partial charge in [-0.1, -0.05) is 25.8 Å². The van der Waals surface area contributed by atoms with Gasteiger partial charge in [0, 0.05) is 13.1 Å². The predicted molar refractivity (Wildman–Crippen MR) is 80.0 cm³/mol. The Morgan fingerprint density at radius 2 is 2.29 bits per heavy atom. The summed E-state index contributed by atoms with van der Waals surface area (Å²) in [6.07, 6.45) is 4.61. The third kappa shape index (κ3) is 3.06. The van der Waals surface area contributed by atoms with Crippen LogP contribution >= 0.6 is 0 Å². The highest BCUT2D eigenvalue weighted by atomic mass is 19.1. The minimum atomic E-state index is -0.324. The second-order valence-electron chi connectivity index (χ2n) is 6.52. The minimum Gasteiger partial charge on any atom is -0.494 e. The SMILES string of the molecule is COc1ccc(C2CNCC3(CCCC(C)C3)O2)cc1F. The van der Waals surface area contributed by atoms with Gasteiger partial charge in [0.05, 0.1) is 18.8 Å². The summed E-state index contributed by atoms with van der Waals surface area (Å²) >= 11 is 0. The van der Waals surface area contributed by atoms with Crippen LogP contribution in [0.15, 0.2) is 18.2 Å². The van der Waals surface area contributed by atoms with Gasteiger partial charge in [-0.3, -0.25) is 0 Å². The fraction of sp³-hybridized carbons (Fsp3) is 0.647. The molecule has 21 heavy (non-hydrogen) atoms. The fourth-order valence-electron chi connectivity index (χ4n) is 3.76. The van der Waals surface area contributed by atoms with Crippen molar-refractivity contribution >= 4 is 0 Å². The third-order valence-electron chi connectivity index (χ3n) is 4.77. The Bertz CT molecular complexity index is 504. The topological polar surface area (TPSA) is 30.5 Å². The lowest BCUT2D eigenvalue weighted by molar-refractivity contribution is -0.143. The molecule has 0 bridgehead atoms. The van der Waals surface area contributed by atoms with E-state index in [1.807, 2.05) is 6.07 Å². The minimum absolute atomic E-state index is 0.0724. The average Bonchev–Trinajstić information content (AvgIpc) is 2.47. The molecule has 1 spiro atoms. The van der Waals surface area contributed by atoms with E-state index in [2.05, 4.69) is 12.2 Å². The molecule has 0 amide bonds. The highest BCUT2D eigenvalue weighted by molar-refractivity contribution is 5.31. The van der Waals surface area contributed by atoms with Gasteiger partial charge in [0.1, 0.15) is 0 Å². The van der Waals surface area contributed by atoms with Crippen molar-refractivity contribution in [3.63, 3.8) is 0 Å². The molecule has 3 unspecified atom stereocenters. The zero-order chi connectivity index (χ0) is 14.9. The van der Waals surface area contributed by atoms with Gasteiger partial charge in [-0.15, -0.1) is 0 Å². The van der Waals surface area contributed by atoms with Crippen molar-refractivity contribution in [2.45, 2.75) is 44.3 Å². The third-order valence-corrected chi connectivity index (χ3v) is 4.77. The first-order valence-electron chi connectivity index (χ1n) is 7.84. The highest BCUT2D eigenvalue weighted by Gasteiger charge is 2.40. The summed E-state index contributed by atoms with van der Waals surface area (Å²) in [5.74, 6) is 0.658. The molecule has 0 aromatic heterocycles. The van der Waals surface area contributed by atoms with E-state index in [0.29, 0.717) is 5.92 Å². The summed E-state index contributed by atoms with van der Waals surface area (Å²) in [7, 11) is 1.48. The number of halogens is 1. The Balaban J connectivity index is 1.78. The van der Waals surface area contributed by atoms with Gasteiger partial charge in [0.2, 0.25) is 0 Å². The van der Waals surface area contributed by atoms with Crippen LogP contribution in [0.25, 0.3) is 0 Å². The summed E-state index contributed by atoms with van der Waals surface area (Å²) in [6, 6.07) is 5.12. The first-order chi connectivity index (χ1) is 10.1. The van der Waals surface area contributed by atoms with Crippen molar-refractivity contribution in [1.82, 2.24) is 5.32 Å². The Hall–Kier alpha value is -1.13. The largest absolute Gasteiger partial charge is 0.494 e. The normalized spacial score (nSPS) is 33.1. The number of ether oxygens (including phenoxy) is 2. The Morgan fingerprint density at radius 1 is 1.43 bits per heavy atom. The van der Waals surface area contributed by atoms with Crippen molar-refractivity contribution in [2.24, 2.45) is 5.92 Å². The molecule has 3 nitrogen and oxygen atoms in total. The summed E-state index contributed by atoms with van der Waals surface area (Å²) in [5, 5.41) is 3.48. The molecule has 1 heterocycles. The molecule has 3 atom stereocenters. The molecular weight excluding hydrogens is 269 g/mol. The molecule has 4 heteroatoms. The number of benzene rings is 1. The summed E-state index contributed by atoms with van der Waals surface area (Å²) < 4.78 is 25.3. The second-order valence-corrected chi connectivity index (χ2v) is 6.52. The van der Waals surface area contributed by atoms with Gasteiger partial charge in [-0.25, -0.2) is 4.39 Å². The van der Waals surface area contributed by atoms with Crippen LogP contribution in [-0.2, 0) is 4.74 Å². The zero-order valence-corrected chi connectivity index (χ0v) is 12.8. The van der Waals surface area contributed by atoms with E-state index >= 15 is 0 Å². The van der Waals surface area contributed by atoms with Crippen molar-refractivity contribution in [3.8, 4) is 5.75 Å². The van der Waals surface area contributed by atoms with E-state index in [-0.39, 0.29) is 23.3 Å². The molecule has 1 aromatic rings. The first kappa shape index (κ1) is 14.8. The fourth-order valence-corrected chi connectivity index (χ4v) is 3.76. The number of hydrogen-bond acceptors (Lipinski definition) is 3. The van der Waals surface area contributed by atoms with E-state index in [0.717, 1.165) is 31.5 Å². The first-order valence-corrected chi connectivity index (χ1v) is 7.84. The average molecular weight is 293 g/mol. The molecule has 1 aliphatic carbocycles. The number of nitrogens with one attached hydrogen (secondary N) is 1. The van der Waals surface area contributed by atoms with Crippen LogP contribution in [-0.4, -0.2) is 25.8 Å². The number of methoxy groups -OCH3 is 1. The maximum absolute atomic E-state index is 13.9. The van der Waals surface area contributed by atoms with Gasteiger partial charge in [-0.2, -0.15) is 0 Å². The van der Waals surface area contributed by atoms with Gasteiger partial charge in [0.25, 0.3) is 0 Å². The molecule has 1 N–H and O–H groups in total. The van der Waals surface area contributed by atoms with Crippen LogP contribution in [0.1, 0.15) is 44.3 Å². The van der Waals surface area contributed by atoms with Crippen LogP contribution in [0, 0.1) is 11.7 Å². The lowest BCUT2D eigenvalue weighted by Crippen LogP contribution is -2.52. The molecule has 2 fully saturated rings. The zero-order valence-electron chi connectivity index (χ0n) is 12.8.